The Balaban J connectivity index is 2.24. The molecule has 0 aliphatic heterocycles. The van der Waals surface area contributed by atoms with Gasteiger partial charge in [0.2, 0.25) is 0 Å². The molecule has 3 N–H and O–H groups in total. The Bertz CT molecular complexity index is 582. The van der Waals surface area contributed by atoms with Crippen LogP contribution < -0.4 is 11.1 Å². The Hall–Kier alpha value is -0.980. The third-order valence-corrected chi connectivity index (χ3v) is 5.88. The summed E-state index contributed by atoms with van der Waals surface area (Å²) in [4.78, 5) is 13.4. The lowest BCUT2D eigenvalue weighted by Gasteiger charge is -2.31. The second-order valence-electron chi connectivity index (χ2n) is 4.37. The summed E-state index contributed by atoms with van der Waals surface area (Å²) in [5.74, 6) is -0.0927. The Morgan fingerprint density at radius 1 is 1.42 bits per heavy atom. The summed E-state index contributed by atoms with van der Waals surface area (Å²) in [5.41, 5.74) is 5.22. The second kappa shape index (κ2) is 5.56. The minimum atomic E-state index is -0.580. The van der Waals surface area contributed by atoms with Crippen LogP contribution in [0.1, 0.15) is 36.4 Å². The highest BCUT2D eigenvalue weighted by Gasteiger charge is 2.32. The smallest absolute Gasteiger partial charge is 0.262 e. The van der Waals surface area contributed by atoms with E-state index in [2.05, 4.69) is 5.32 Å². The van der Waals surface area contributed by atoms with Gasteiger partial charge in [-0.3, -0.25) is 4.79 Å². The summed E-state index contributed by atoms with van der Waals surface area (Å²) < 4.78 is 2.29. The van der Waals surface area contributed by atoms with Crippen molar-refractivity contribution in [2.75, 3.05) is 0 Å². The largest absolute Gasteiger partial charge is 0.391 e. The van der Waals surface area contributed by atoms with Crippen LogP contribution in [0.3, 0.4) is 0 Å². The van der Waals surface area contributed by atoms with Crippen molar-refractivity contribution in [1.29, 1.82) is 0 Å². The molecule has 2 rings (SSSR count). The maximum absolute atomic E-state index is 12.3. The van der Waals surface area contributed by atoms with Crippen LogP contribution in [-0.2, 0) is 0 Å². The van der Waals surface area contributed by atoms with Crippen molar-refractivity contribution in [2.45, 2.75) is 32.2 Å². The van der Waals surface area contributed by atoms with Crippen molar-refractivity contribution in [1.82, 2.24) is 5.32 Å². The molecule has 6 heteroatoms. The normalized spacial score (nSPS) is 11.7. The van der Waals surface area contributed by atoms with Gasteiger partial charge in [0.25, 0.3) is 5.91 Å². The topological polar surface area (TPSA) is 55.1 Å². The molecule has 0 aliphatic rings. The second-order valence-corrected chi connectivity index (χ2v) is 6.84. The van der Waals surface area contributed by atoms with E-state index < -0.39 is 5.54 Å². The third-order valence-electron chi connectivity index (χ3n) is 3.39. The molecule has 19 heavy (non-hydrogen) atoms. The summed E-state index contributed by atoms with van der Waals surface area (Å²) >= 11 is 8.25. The van der Waals surface area contributed by atoms with Gasteiger partial charge in [-0.2, -0.15) is 0 Å². The number of rotatable bonds is 5. The fraction of sp³-hybridized carbons (Fsp3) is 0.385. The van der Waals surface area contributed by atoms with Crippen LogP contribution in [0.2, 0.25) is 0 Å². The van der Waals surface area contributed by atoms with Crippen molar-refractivity contribution in [3.8, 4) is 0 Å². The monoisotopic (exact) mass is 312 g/mol. The Labute approximate surface area is 125 Å². The van der Waals surface area contributed by atoms with E-state index in [1.165, 1.54) is 11.3 Å². The SMILES string of the molecule is CCC(CC)(NC(=O)c1cc2sccc2s1)C(N)=S. The third kappa shape index (κ3) is 2.66. The number of nitrogens with two attached hydrogens (primary N) is 1. The summed E-state index contributed by atoms with van der Waals surface area (Å²) in [6.45, 7) is 3.96. The fourth-order valence-corrected chi connectivity index (χ4v) is 4.34. The molecule has 0 atom stereocenters. The molecule has 2 aromatic rings. The van der Waals surface area contributed by atoms with Crippen LogP contribution in [0.4, 0.5) is 0 Å². The lowest BCUT2D eigenvalue weighted by atomic mass is 9.92. The van der Waals surface area contributed by atoms with E-state index in [1.54, 1.807) is 11.3 Å². The molecule has 1 amide bonds. The van der Waals surface area contributed by atoms with Gasteiger partial charge in [-0.05, 0) is 30.4 Å². The predicted molar refractivity (Wildman–Crippen MR) is 87.3 cm³/mol. The van der Waals surface area contributed by atoms with E-state index in [-0.39, 0.29) is 5.91 Å². The van der Waals surface area contributed by atoms with Gasteiger partial charge >= 0.3 is 0 Å². The maximum atomic E-state index is 12.3. The van der Waals surface area contributed by atoms with Crippen LogP contribution in [0.25, 0.3) is 9.40 Å². The molecule has 0 spiro atoms. The minimum absolute atomic E-state index is 0.0927. The van der Waals surface area contributed by atoms with Gasteiger partial charge in [-0.15, -0.1) is 22.7 Å². The van der Waals surface area contributed by atoms with E-state index in [0.717, 1.165) is 9.40 Å². The summed E-state index contributed by atoms with van der Waals surface area (Å²) in [6.07, 6.45) is 1.40. The summed E-state index contributed by atoms with van der Waals surface area (Å²) in [7, 11) is 0. The highest BCUT2D eigenvalue weighted by Crippen LogP contribution is 2.30. The average molecular weight is 312 g/mol. The van der Waals surface area contributed by atoms with Crippen molar-refractivity contribution in [3.05, 3.63) is 22.4 Å². The zero-order chi connectivity index (χ0) is 14.0. The van der Waals surface area contributed by atoms with Gasteiger partial charge in [0.15, 0.2) is 0 Å². The van der Waals surface area contributed by atoms with Crippen LogP contribution in [0.15, 0.2) is 17.5 Å². The highest BCUT2D eigenvalue weighted by atomic mass is 32.1. The van der Waals surface area contributed by atoms with Gasteiger partial charge in [0.1, 0.15) is 0 Å². The van der Waals surface area contributed by atoms with Gasteiger partial charge in [0, 0.05) is 9.40 Å². The van der Waals surface area contributed by atoms with Crippen molar-refractivity contribution >= 4 is 55.2 Å². The van der Waals surface area contributed by atoms with Crippen LogP contribution in [0.5, 0.6) is 0 Å². The Morgan fingerprint density at radius 3 is 2.63 bits per heavy atom. The number of fused-ring (bicyclic) bond motifs is 1. The first-order chi connectivity index (χ1) is 9.02. The quantitative estimate of drug-likeness (QED) is 0.830. The molecule has 0 radical (unpaired) electrons. The maximum Gasteiger partial charge on any atom is 0.262 e. The first-order valence-electron chi connectivity index (χ1n) is 6.12. The zero-order valence-electron chi connectivity index (χ0n) is 10.9. The van der Waals surface area contributed by atoms with Gasteiger partial charge in [0.05, 0.1) is 15.4 Å². The molecule has 0 unspecified atom stereocenters. The van der Waals surface area contributed by atoms with Gasteiger partial charge in [-0.1, -0.05) is 26.1 Å². The molecule has 102 valence electrons. The molecule has 3 nitrogen and oxygen atoms in total. The van der Waals surface area contributed by atoms with Gasteiger partial charge in [-0.25, -0.2) is 0 Å². The van der Waals surface area contributed by atoms with Crippen LogP contribution in [-0.4, -0.2) is 16.4 Å². The van der Waals surface area contributed by atoms with Crippen LogP contribution in [0, 0.1) is 0 Å². The first kappa shape index (κ1) is 14.4. The molecule has 0 saturated heterocycles. The number of carbonyl (C=O) groups is 1. The van der Waals surface area contributed by atoms with Gasteiger partial charge < -0.3 is 11.1 Å². The standard InChI is InChI=1S/C13H16N2OS3/c1-3-13(4-2,12(14)17)15-11(16)10-7-9-8(19-10)5-6-18-9/h5-7H,3-4H2,1-2H3,(H2,14,17)(H,15,16). The van der Waals surface area contributed by atoms with Crippen LogP contribution >= 0.6 is 34.9 Å². The number of carbonyl (C=O) groups excluding carboxylic acids is 1. The zero-order valence-corrected chi connectivity index (χ0v) is 13.3. The average Bonchev–Trinajstić information content (AvgIpc) is 2.95. The fourth-order valence-electron chi connectivity index (χ4n) is 1.99. The minimum Gasteiger partial charge on any atom is -0.391 e. The molecule has 0 saturated carbocycles. The van der Waals surface area contributed by atoms with E-state index in [4.69, 9.17) is 18.0 Å². The molecule has 0 aromatic carbocycles. The number of hydrogen-bond donors (Lipinski definition) is 2. The highest BCUT2D eigenvalue weighted by molar-refractivity contribution is 7.80. The number of hydrogen-bond acceptors (Lipinski definition) is 4. The molecule has 0 fully saturated rings. The summed E-state index contributed by atoms with van der Waals surface area (Å²) in [5, 5.41) is 5.03. The molecular formula is C13H16N2OS3. The van der Waals surface area contributed by atoms with Crippen molar-refractivity contribution in [3.63, 3.8) is 0 Å². The van der Waals surface area contributed by atoms with E-state index in [9.17, 15) is 4.79 Å². The molecule has 0 aliphatic carbocycles. The number of thiocarbonyl (C=S) groups is 1. The molecule has 2 heterocycles. The number of thiophene rings is 2. The summed E-state index contributed by atoms with van der Waals surface area (Å²) in [6, 6.07) is 3.96. The first-order valence-corrected chi connectivity index (χ1v) is 8.22. The number of nitrogens with one attached hydrogen (secondary N) is 1. The van der Waals surface area contributed by atoms with E-state index >= 15 is 0 Å². The number of amides is 1. The lowest BCUT2D eigenvalue weighted by molar-refractivity contribution is 0.0924. The Kier molecular flexibility index (Phi) is 4.23. The molecule has 0 bridgehead atoms. The van der Waals surface area contributed by atoms with Crippen molar-refractivity contribution in [2.24, 2.45) is 5.73 Å². The molecule has 2 aromatic heterocycles. The van der Waals surface area contributed by atoms with E-state index in [1.807, 2.05) is 31.4 Å². The Morgan fingerprint density at radius 2 is 2.11 bits per heavy atom. The molecular weight excluding hydrogens is 296 g/mol. The van der Waals surface area contributed by atoms with Crippen molar-refractivity contribution < 1.29 is 4.79 Å². The predicted octanol–water partition coefficient (Wildman–Crippen LogP) is 3.54. The van der Waals surface area contributed by atoms with E-state index in [0.29, 0.717) is 22.7 Å². The lowest BCUT2D eigenvalue weighted by Crippen LogP contribution is -2.55.